The average molecular weight is 266 g/mol. The number of anilines is 1. The van der Waals surface area contributed by atoms with E-state index < -0.39 is 10.0 Å². The summed E-state index contributed by atoms with van der Waals surface area (Å²) in [4.78, 5) is 0.187. The molecule has 7 heteroatoms. The fourth-order valence-corrected chi connectivity index (χ4v) is 2.43. The van der Waals surface area contributed by atoms with Crippen molar-refractivity contribution in [1.29, 1.82) is 0 Å². The van der Waals surface area contributed by atoms with E-state index in [0.717, 1.165) is 4.31 Å². The molecule has 0 fully saturated rings. The summed E-state index contributed by atoms with van der Waals surface area (Å²) >= 11 is 0. The molecule has 0 unspecified atom stereocenters. The van der Waals surface area contributed by atoms with Crippen LogP contribution in [0.4, 0.5) is 5.69 Å². The average Bonchev–Trinajstić information content (AvgIpc) is 2.82. The normalized spacial score (nSPS) is 11.9. The number of nitrogen functional groups attached to an aromatic ring is 1. The van der Waals surface area contributed by atoms with Crippen molar-refractivity contribution >= 4 is 15.7 Å². The van der Waals surface area contributed by atoms with E-state index in [1.165, 1.54) is 30.9 Å². The molecule has 0 atom stereocenters. The largest absolute Gasteiger partial charge is 0.397 e. The van der Waals surface area contributed by atoms with Crippen molar-refractivity contribution < 1.29 is 8.42 Å². The van der Waals surface area contributed by atoms with Crippen LogP contribution in [-0.2, 0) is 10.0 Å². The van der Waals surface area contributed by atoms with Gasteiger partial charge in [-0.3, -0.25) is 0 Å². The lowest BCUT2D eigenvalue weighted by atomic mass is 10.3. The van der Waals surface area contributed by atoms with Crippen LogP contribution in [0.25, 0.3) is 5.69 Å². The Kier molecular flexibility index (Phi) is 3.10. The van der Waals surface area contributed by atoms with E-state index in [4.69, 9.17) is 5.73 Å². The minimum absolute atomic E-state index is 0.187. The van der Waals surface area contributed by atoms with Gasteiger partial charge in [0.05, 0.1) is 16.3 Å². The summed E-state index contributed by atoms with van der Waals surface area (Å²) < 4.78 is 26.7. The minimum atomic E-state index is -3.47. The number of nitrogens with zero attached hydrogens (tertiary/aromatic N) is 3. The highest BCUT2D eigenvalue weighted by molar-refractivity contribution is 7.89. The molecule has 0 bridgehead atoms. The number of hydrogen-bond donors (Lipinski definition) is 1. The molecular weight excluding hydrogens is 252 g/mol. The first kappa shape index (κ1) is 12.6. The van der Waals surface area contributed by atoms with Gasteiger partial charge in [0.2, 0.25) is 10.0 Å². The molecule has 1 aromatic carbocycles. The van der Waals surface area contributed by atoms with Gasteiger partial charge in [0.1, 0.15) is 0 Å². The summed E-state index contributed by atoms with van der Waals surface area (Å²) in [6, 6.07) is 6.30. The van der Waals surface area contributed by atoms with Crippen LogP contribution >= 0.6 is 0 Å². The first-order chi connectivity index (χ1) is 8.43. The standard InChI is InChI=1S/C11H14N4O2S/c1-14(2)18(16,17)9-4-5-10(12)11(8-9)15-7-3-6-13-15/h3-8H,12H2,1-2H3. The van der Waals surface area contributed by atoms with Gasteiger partial charge >= 0.3 is 0 Å². The molecule has 0 aliphatic carbocycles. The molecule has 2 rings (SSSR count). The summed E-state index contributed by atoms with van der Waals surface area (Å²) in [5.74, 6) is 0. The Labute approximate surface area is 106 Å². The molecule has 1 heterocycles. The fraction of sp³-hybridized carbons (Fsp3) is 0.182. The van der Waals surface area contributed by atoms with Gasteiger partial charge in [-0.2, -0.15) is 5.10 Å². The number of hydrogen-bond acceptors (Lipinski definition) is 4. The van der Waals surface area contributed by atoms with Crippen molar-refractivity contribution in [2.24, 2.45) is 0 Å². The third kappa shape index (κ3) is 2.09. The van der Waals surface area contributed by atoms with Crippen molar-refractivity contribution in [1.82, 2.24) is 14.1 Å². The second-order valence-electron chi connectivity index (χ2n) is 3.96. The third-order valence-corrected chi connectivity index (χ3v) is 4.34. The lowest BCUT2D eigenvalue weighted by Crippen LogP contribution is -2.22. The molecule has 0 aliphatic rings. The summed E-state index contributed by atoms with van der Waals surface area (Å²) in [5.41, 5.74) is 6.84. The van der Waals surface area contributed by atoms with Gasteiger partial charge in [-0.05, 0) is 24.3 Å². The Morgan fingerprint density at radius 3 is 2.61 bits per heavy atom. The molecule has 6 nitrogen and oxygen atoms in total. The molecule has 0 saturated heterocycles. The number of aromatic nitrogens is 2. The highest BCUT2D eigenvalue weighted by Gasteiger charge is 2.18. The van der Waals surface area contributed by atoms with Crippen LogP contribution in [0.5, 0.6) is 0 Å². The second-order valence-corrected chi connectivity index (χ2v) is 6.11. The molecular formula is C11H14N4O2S. The lowest BCUT2D eigenvalue weighted by molar-refractivity contribution is 0.520. The maximum atomic E-state index is 12.0. The van der Waals surface area contributed by atoms with Gasteiger partial charge in [-0.1, -0.05) is 0 Å². The molecule has 2 N–H and O–H groups in total. The van der Waals surface area contributed by atoms with Crippen LogP contribution in [0.15, 0.2) is 41.6 Å². The summed E-state index contributed by atoms with van der Waals surface area (Å²) in [7, 11) is -0.500. The van der Waals surface area contributed by atoms with Gasteiger partial charge in [0.15, 0.2) is 0 Å². The smallest absolute Gasteiger partial charge is 0.242 e. The van der Waals surface area contributed by atoms with Crippen LogP contribution in [0.3, 0.4) is 0 Å². The second kappa shape index (κ2) is 4.43. The van der Waals surface area contributed by atoms with Crippen molar-refractivity contribution in [3.8, 4) is 5.69 Å². The van der Waals surface area contributed by atoms with Crippen molar-refractivity contribution in [3.63, 3.8) is 0 Å². The highest BCUT2D eigenvalue weighted by atomic mass is 32.2. The third-order valence-electron chi connectivity index (χ3n) is 2.53. The summed E-state index contributed by atoms with van der Waals surface area (Å²) in [6.45, 7) is 0. The van der Waals surface area contributed by atoms with Gasteiger partial charge < -0.3 is 5.73 Å². The van der Waals surface area contributed by atoms with E-state index in [1.54, 1.807) is 24.5 Å². The predicted octanol–water partition coefficient (Wildman–Crippen LogP) is 0.705. The first-order valence-electron chi connectivity index (χ1n) is 5.25. The van der Waals surface area contributed by atoms with E-state index in [9.17, 15) is 8.42 Å². The van der Waals surface area contributed by atoms with Crippen molar-refractivity contribution in [2.75, 3.05) is 19.8 Å². The monoisotopic (exact) mass is 266 g/mol. The van der Waals surface area contributed by atoms with Gasteiger partial charge in [-0.15, -0.1) is 0 Å². The number of rotatable bonds is 3. The zero-order chi connectivity index (χ0) is 13.3. The Balaban J connectivity index is 2.59. The van der Waals surface area contributed by atoms with Crippen LogP contribution in [0.2, 0.25) is 0 Å². The van der Waals surface area contributed by atoms with Crippen molar-refractivity contribution in [2.45, 2.75) is 4.90 Å². The van der Waals surface area contributed by atoms with Gasteiger partial charge in [-0.25, -0.2) is 17.4 Å². The Morgan fingerprint density at radius 1 is 1.33 bits per heavy atom. The molecule has 0 amide bonds. The number of nitrogens with two attached hydrogens (primary N) is 1. The molecule has 0 spiro atoms. The first-order valence-corrected chi connectivity index (χ1v) is 6.69. The zero-order valence-electron chi connectivity index (χ0n) is 10.1. The van der Waals surface area contributed by atoms with Gasteiger partial charge in [0.25, 0.3) is 0 Å². The lowest BCUT2D eigenvalue weighted by Gasteiger charge is -2.13. The maximum absolute atomic E-state index is 12.0. The SMILES string of the molecule is CN(C)S(=O)(=O)c1ccc(N)c(-n2cccn2)c1. The Hall–Kier alpha value is -1.86. The van der Waals surface area contributed by atoms with Crippen molar-refractivity contribution in [3.05, 3.63) is 36.7 Å². The van der Waals surface area contributed by atoms with Crippen LogP contribution in [0, 0.1) is 0 Å². The number of benzene rings is 1. The van der Waals surface area contributed by atoms with Crippen LogP contribution < -0.4 is 5.73 Å². The Morgan fingerprint density at radius 2 is 2.06 bits per heavy atom. The topological polar surface area (TPSA) is 81.2 Å². The summed E-state index contributed by atoms with van der Waals surface area (Å²) in [6.07, 6.45) is 3.31. The Bertz CT molecular complexity index is 648. The van der Waals surface area contributed by atoms with Gasteiger partial charge in [0, 0.05) is 26.5 Å². The van der Waals surface area contributed by atoms with Crippen LogP contribution in [0.1, 0.15) is 0 Å². The maximum Gasteiger partial charge on any atom is 0.242 e. The van der Waals surface area contributed by atoms with E-state index in [1.807, 2.05) is 0 Å². The van der Waals surface area contributed by atoms with Crippen LogP contribution in [-0.4, -0.2) is 36.6 Å². The predicted molar refractivity (Wildman–Crippen MR) is 68.8 cm³/mol. The van der Waals surface area contributed by atoms with E-state index >= 15 is 0 Å². The quantitative estimate of drug-likeness (QED) is 0.829. The van der Waals surface area contributed by atoms with E-state index in [-0.39, 0.29) is 4.90 Å². The fourth-order valence-electron chi connectivity index (χ4n) is 1.50. The molecule has 96 valence electrons. The zero-order valence-corrected chi connectivity index (χ0v) is 10.9. The molecule has 1 aromatic heterocycles. The van der Waals surface area contributed by atoms with E-state index in [0.29, 0.717) is 11.4 Å². The highest BCUT2D eigenvalue weighted by Crippen LogP contribution is 2.22. The molecule has 0 radical (unpaired) electrons. The molecule has 18 heavy (non-hydrogen) atoms. The van der Waals surface area contributed by atoms with E-state index in [2.05, 4.69) is 5.10 Å². The molecule has 0 saturated carbocycles. The minimum Gasteiger partial charge on any atom is -0.397 e. The molecule has 0 aliphatic heterocycles. The molecule has 2 aromatic rings. The summed E-state index contributed by atoms with van der Waals surface area (Å²) in [5, 5.41) is 4.04. The number of sulfonamides is 1.